The summed E-state index contributed by atoms with van der Waals surface area (Å²) in [4.78, 5) is 4.93. The van der Waals surface area contributed by atoms with Crippen LogP contribution in [0.2, 0.25) is 0 Å². The van der Waals surface area contributed by atoms with E-state index in [0.717, 1.165) is 10.5 Å². The van der Waals surface area contributed by atoms with Crippen molar-refractivity contribution < 1.29 is 0 Å². The van der Waals surface area contributed by atoms with Crippen LogP contribution in [0.4, 0.5) is 0 Å². The maximum absolute atomic E-state index is 4.24. The van der Waals surface area contributed by atoms with Gasteiger partial charge in [-0.05, 0) is 13.0 Å². The third kappa shape index (κ3) is 1.61. The van der Waals surface area contributed by atoms with E-state index >= 15 is 0 Å². The Hall–Kier alpha value is -0.760. The molecule has 0 bridgehead atoms. The molecule has 1 nitrogen and oxygen atoms in total. The first-order valence-electron chi connectivity index (χ1n) is 3.10. The van der Waals surface area contributed by atoms with E-state index in [1.807, 2.05) is 25.1 Å². The fourth-order valence-electron chi connectivity index (χ4n) is 0.707. The van der Waals surface area contributed by atoms with Crippen LogP contribution >= 0.6 is 12.6 Å². The molecule has 0 unspecified atom stereocenters. The summed E-state index contributed by atoms with van der Waals surface area (Å²) in [5, 5.41) is 0. The fourth-order valence-corrected chi connectivity index (χ4v) is 0.906. The van der Waals surface area contributed by atoms with E-state index in [2.05, 4.69) is 17.6 Å². The van der Waals surface area contributed by atoms with Crippen LogP contribution in [0.3, 0.4) is 0 Å². The van der Waals surface area contributed by atoms with E-state index in [4.69, 9.17) is 0 Å². The first-order chi connectivity index (χ1) is 4.84. The molecule has 0 N–H and O–H groups in total. The third-order valence-electron chi connectivity index (χ3n) is 1.17. The highest BCUT2D eigenvalue weighted by atomic mass is 32.1. The number of allylic oxidation sites excluding steroid dienone is 1. The van der Waals surface area contributed by atoms with E-state index in [-0.39, 0.29) is 0 Å². The molecule has 0 atom stereocenters. The number of nitrogens with zero attached hydrogens (tertiary/aromatic N) is 1. The zero-order valence-corrected chi connectivity index (χ0v) is 6.68. The molecule has 0 aliphatic heterocycles. The number of rotatable bonds is 1. The number of pyridine rings is 1. The van der Waals surface area contributed by atoms with E-state index in [9.17, 15) is 0 Å². The molecule has 0 aliphatic carbocycles. The van der Waals surface area contributed by atoms with Crippen molar-refractivity contribution in [2.45, 2.75) is 11.8 Å². The minimum atomic E-state index is 0.966. The number of hydrogen-bond donors (Lipinski definition) is 1. The van der Waals surface area contributed by atoms with Crippen LogP contribution in [0.25, 0.3) is 6.08 Å². The van der Waals surface area contributed by atoms with E-state index < -0.39 is 0 Å². The van der Waals surface area contributed by atoms with Gasteiger partial charge in [0, 0.05) is 22.9 Å². The van der Waals surface area contributed by atoms with E-state index in [1.54, 1.807) is 12.4 Å². The average molecular weight is 151 g/mol. The van der Waals surface area contributed by atoms with Crippen LogP contribution in [-0.2, 0) is 0 Å². The van der Waals surface area contributed by atoms with Gasteiger partial charge in [-0.2, -0.15) is 0 Å². The van der Waals surface area contributed by atoms with E-state index in [0.29, 0.717) is 0 Å². The molecular weight excluding hydrogens is 142 g/mol. The summed E-state index contributed by atoms with van der Waals surface area (Å²) in [6.45, 7) is 1.97. The topological polar surface area (TPSA) is 12.9 Å². The molecular formula is C8H9NS. The smallest absolute Gasteiger partial charge is 0.0351 e. The van der Waals surface area contributed by atoms with Gasteiger partial charge in [0.1, 0.15) is 0 Å². The summed E-state index contributed by atoms with van der Waals surface area (Å²) in [7, 11) is 0. The lowest BCUT2D eigenvalue weighted by Gasteiger charge is -1.94. The highest BCUT2D eigenvalue weighted by molar-refractivity contribution is 7.80. The molecule has 0 radical (unpaired) electrons. The van der Waals surface area contributed by atoms with Crippen molar-refractivity contribution in [2.75, 3.05) is 0 Å². The van der Waals surface area contributed by atoms with Gasteiger partial charge in [0.25, 0.3) is 0 Å². The monoisotopic (exact) mass is 151 g/mol. The quantitative estimate of drug-likeness (QED) is 0.608. The fraction of sp³-hybridized carbons (Fsp3) is 0.125. The molecule has 0 aromatic carbocycles. The van der Waals surface area contributed by atoms with Gasteiger partial charge in [-0.3, -0.25) is 4.98 Å². The Morgan fingerprint density at radius 1 is 1.60 bits per heavy atom. The molecule has 1 aromatic heterocycles. The molecule has 1 heterocycles. The van der Waals surface area contributed by atoms with Gasteiger partial charge in [0.15, 0.2) is 0 Å². The number of thiol groups is 1. The normalized spacial score (nSPS) is 10.6. The highest BCUT2D eigenvalue weighted by Crippen LogP contribution is 2.12. The Morgan fingerprint density at radius 2 is 2.40 bits per heavy atom. The van der Waals surface area contributed by atoms with E-state index in [1.165, 1.54) is 0 Å². The van der Waals surface area contributed by atoms with Crippen molar-refractivity contribution >= 4 is 18.7 Å². The number of aromatic nitrogens is 1. The van der Waals surface area contributed by atoms with Crippen LogP contribution in [-0.4, -0.2) is 4.98 Å². The summed E-state index contributed by atoms with van der Waals surface area (Å²) in [5.41, 5.74) is 1.06. The molecule has 0 amide bonds. The maximum Gasteiger partial charge on any atom is 0.0351 e. The van der Waals surface area contributed by atoms with Gasteiger partial charge in [-0.15, -0.1) is 12.6 Å². The Kier molecular flexibility index (Phi) is 2.51. The lowest BCUT2D eigenvalue weighted by molar-refractivity contribution is 1.25. The lowest BCUT2D eigenvalue weighted by Crippen LogP contribution is -1.76. The number of hydrogen-bond acceptors (Lipinski definition) is 2. The van der Waals surface area contributed by atoms with Crippen molar-refractivity contribution in [1.29, 1.82) is 0 Å². The minimum absolute atomic E-state index is 0.966. The highest BCUT2D eigenvalue weighted by Gasteiger charge is 1.89. The van der Waals surface area contributed by atoms with Crippen molar-refractivity contribution in [3.8, 4) is 0 Å². The molecule has 0 spiro atoms. The summed E-state index contributed by atoms with van der Waals surface area (Å²) in [6, 6.07) is 1.87. The van der Waals surface area contributed by atoms with Gasteiger partial charge < -0.3 is 0 Å². The molecule has 0 saturated heterocycles. The molecule has 1 aromatic rings. The summed E-state index contributed by atoms with van der Waals surface area (Å²) >= 11 is 4.24. The zero-order valence-electron chi connectivity index (χ0n) is 5.78. The van der Waals surface area contributed by atoms with Crippen molar-refractivity contribution in [3.63, 3.8) is 0 Å². The second-order valence-electron chi connectivity index (χ2n) is 1.93. The maximum atomic E-state index is 4.24. The van der Waals surface area contributed by atoms with Crippen LogP contribution in [0, 0.1) is 0 Å². The molecule has 10 heavy (non-hydrogen) atoms. The summed E-state index contributed by atoms with van der Waals surface area (Å²) in [5.74, 6) is 0. The Bertz CT molecular complexity index is 243. The van der Waals surface area contributed by atoms with Gasteiger partial charge in [-0.1, -0.05) is 12.2 Å². The second-order valence-corrected chi connectivity index (χ2v) is 2.42. The lowest BCUT2D eigenvalue weighted by atomic mass is 10.3. The van der Waals surface area contributed by atoms with Crippen LogP contribution in [0.1, 0.15) is 12.5 Å². The Balaban J connectivity index is 3.03. The van der Waals surface area contributed by atoms with Gasteiger partial charge >= 0.3 is 0 Å². The first-order valence-corrected chi connectivity index (χ1v) is 3.55. The van der Waals surface area contributed by atoms with Gasteiger partial charge in [0.05, 0.1) is 0 Å². The molecule has 0 saturated carbocycles. The van der Waals surface area contributed by atoms with Gasteiger partial charge in [0.2, 0.25) is 0 Å². The third-order valence-corrected chi connectivity index (χ3v) is 1.58. The van der Waals surface area contributed by atoms with Crippen molar-refractivity contribution in [1.82, 2.24) is 4.98 Å². The summed E-state index contributed by atoms with van der Waals surface area (Å²) < 4.78 is 0. The van der Waals surface area contributed by atoms with Crippen molar-refractivity contribution in [3.05, 3.63) is 30.1 Å². The first kappa shape index (κ1) is 7.35. The largest absolute Gasteiger partial charge is 0.264 e. The van der Waals surface area contributed by atoms with Crippen LogP contribution in [0.15, 0.2) is 29.4 Å². The molecule has 1 rings (SSSR count). The zero-order chi connectivity index (χ0) is 7.40. The molecule has 2 heteroatoms. The average Bonchev–Trinajstić information content (AvgIpc) is 1.94. The predicted octanol–water partition coefficient (Wildman–Crippen LogP) is 2.40. The SMILES string of the molecule is C/C=C\c1cnccc1S. The Labute approximate surface area is 66.2 Å². The molecule has 0 aliphatic rings. The van der Waals surface area contributed by atoms with Crippen LogP contribution < -0.4 is 0 Å². The standard InChI is InChI=1S/C8H9NS/c1-2-3-7-6-9-5-4-8(7)10/h2-6H,1H3,(H,9,10)/b3-2-. The summed E-state index contributed by atoms with van der Waals surface area (Å²) in [6.07, 6.45) is 7.48. The molecule has 0 fully saturated rings. The van der Waals surface area contributed by atoms with Crippen molar-refractivity contribution in [2.24, 2.45) is 0 Å². The Morgan fingerprint density at radius 3 is 3.00 bits per heavy atom. The molecule has 52 valence electrons. The van der Waals surface area contributed by atoms with Gasteiger partial charge in [-0.25, -0.2) is 0 Å². The predicted molar refractivity (Wildman–Crippen MR) is 46.2 cm³/mol. The minimum Gasteiger partial charge on any atom is -0.264 e. The second kappa shape index (κ2) is 3.42. The van der Waals surface area contributed by atoms with Crippen LogP contribution in [0.5, 0.6) is 0 Å².